The third-order valence-electron chi connectivity index (χ3n) is 2.03. The van der Waals surface area contributed by atoms with Crippen molar-refractivity contribution in [2.45, 2.75) is 6.54 Å². The van der Waals surface area contributed by atoms with E-state index < -0.39 is 5.91 Å². The van der Waals surface area contributed by atoms with Gasteiger partial charge < -0.3 is 15.2 Å². The topological polar surface area (TPSA) is 82.8 Å². The summed E-state index contributed by atoms with van der Waals surface area (Å²) in [5.41, 5.74) is 8.50. The van der Waals surface area contributed by atoms with Crippen LogP contribution in [0.1, 0.15) is 5.56 Å². The molecule has 0 bridgehead atoms. The summed E-state index contributed by atoms with van der Waals surface area (Å²) >= 11 is 0. The average molecular weight is 224 g/mol. The highest BCUT2D eigenvalue weighted by atomic mass is 16.7. The number of hydrogen-bond acceptors (Lipinski definition) is 5. The Hall–Kier alpha value is -1.79. The average Bonchev–Trinajstić information content (AvgIpc) is 2.71. The van der Waals surface area contributed by atoms with Crippen molar-refractivity contribution >= 4 is 5.91 Å². The summed E-state index contributed by atoms with van der Waals surface area (Å²) < 4.78 is 10.4. The van der Waals surface area contributed by atoms with Crippen LogP contribution in [0.15, 0.2) is 18.2 Å². The van der Waals surface area contributed by atoms with E-state index in [4.69, 9.17) is 20.0 Å². The van der Waals surface area contributed by atoms with E-state index in [0.717, 1.165) is 11.3 Å². The maximum Gasteiger partial charge on any atom is 0.245 e. The maximum absolute atomic E-state index is 10.4. The number of hydroxylamine groups is 1. The molecule has 86 valence electrons. The standard InChI is InChI=1S/C10H12N2O4/c11-10(13)5-16-12-4-7-1-2-8-9(3-7)15-6-14-8/h1-3,12H,4-6H2,(H2,11,13). The van der Waals surface area contributed by atoms with Crippen molar-refractivity contribution in [3.63, 3.8) is 0 Å². The molecule has 1 aromatic carbocycles. The molecule has 6 heteroatoms. The minimum Gasteiger partial charge on any atom is -0.454 e. The number of ether oxygens (including phenoxy) is 2. The van der Waals surface area contributed by atoms with Gasteiger partial charge in [0.25, 0.3) is 0 Å². The molecule has 16 heavy (non-hydrogen) atoms. The Morgan fingerprint density at radius 2 is 2.25 bits per heavy atom. The van der Waals surface area contributed by atoms with Crippen molar-refractivity contribution in [2.24, 2.45) is 5.73 Å². The van der Waals surface area contributed by atoms with Crippen molar-refractivity contribution in [2.75, 3.05) is 13.4 Å². The van der Waals surface area contributed by atoms with Gasteiger partial charge in [-0.3, -0.25) is 9.63 Å². The van der Waals surface area contributed by atoms with Crippen LogP contribution in [0, 0.1) is 0 Å². The third-order valence-corrected chi connectivity index (χ3v) is 2.03. The van der Waals surface area contributed by atoms with Crippen LogP contribution in [0.2, 0.25) is 0 Å². The van der Waals surface area contributed by atoms with Crippen LogP contribution in [-0.4, -0.2) is 19.3 Å². The van der Waals surface area contributed by atoms with Gasteiger partial charge in [-0.05, 0) is 17.7 Å². The van der Waals surface area contributed by atoms with E-state index in [1.54, 1.807) is 0 Å². The van der Waals surface area contributed by atoms with E-state index in [2.05, 4.69) is 5.48 Å². The Kier molecular flexibility index (Phi) is 3.23. The minimum atomic E-state index is -0.516. The number of rotatable bonds is 5. The Balaban J connectivity index is 1.83. The Labute approximate surface area is 92.2 Å². The number of carbonyl (C=O) groups is 1. The van der Waals surface area contributed by atoms with E-state index in [0.29, 0.717) is 12.3 Å². The van der Waals surface area contributed by atoms with Gasteiger partial charge in [0.15, 0.2) is 11.5 Å². The molecule has 1 aromatic rings. The molecule has 1 heterocycles. The zero-order chi connectivity index (χ0) is 11.4. The molecular weight excluding hydrogens is 212 g/mol. The summed E-state index contributed by atoms with van der Waals surface area (Å²) in [7, 11) is 0. The first-order valence-corrected chi connectivity index (χ1v) is 4.77. The molecule has 1 aliphatic heterocycles. The molecule has 3 N–H and O–H groups in total. The largest absolute Gasteiger partial charge is 0.454 e. The lowest BCUT2D eigenvalue weighted by atomic mass is 10.2. The van der Waals surface area contributed by atoms with Gasteiger partial charge in [0.1, 0.15) is 6.61 Å². The molecule has 0 saturated carbocycles. The molecule has 0 saturated heterocycles. The van der Waals surface area contributed by atoms with Gasteiger partial charge in [-0.15, -0.1) is 0 Å². The second-order valence-corrected chi connectivity index (χ2v) is 3.26. The predicted molar refractivity (Wildman–Crippen MR) is 54.6 cm³/mol. The predicted octanol–water partition coefficient (Wildman–Crippen LogP) is -0.0782. The van der Waals surface area contributed by atoms with Gasteiger partial charge in [0, 0.05) is 6.54 Å². The normalized spacial score (nSPS) is 12.8. The Morgan fingerprint density at radius 1 is 1.44 bits per heavy atom. The quantitative estimate of drug-likeness (QED) is 0.540. The molecule has 0 aromatic heterocycles. The number of fused-ring (bicyclic) bond motifs is 1. The fourth-order valence-electron chi connectivity index (χ4n) is 1.31. The lowest BCUT2D eigenvalue weighted by Crippen LogP contribution is -2.24. The van der Waals surface area contributed by atoms with E-state index in [-0.39, 0.29) is 13.4 Å². The summed E-state index contributed by atoms with van der Waals surface area (Å²) in [4.78, 5) is 15.2. The molecule has 0 unspecified atom stereocenters. The van der Waals surface area contributed by atoms with Gasteiger partial charge >= 0.3 is 0 Å². The first-order chi connectivity index (χ1) is 7.75. The van der Waals surface area contributed by atoms with Gasteiger partial charge in [-0.2, -0.15) is 5.48 Å². The highest BCUT2D eigenvalue weighted by Crippen LogP contribution is 2.32. The number of amides is 1. The number of benzene rings is 1. The smallest absolute Gasteiger partial charge is 0.245 e. The van der Waals surface area contributed by atoms with Crippen molar-refractivity contribution < 1.29 is 19.1 Å². The van der Waals surface area contributed by atoms with Crippen LogP contribution < -0.4 is 20.7 Å². The molecule has 0 radical (unpaired) electrons. The van der Waals surface area contributed by atoms with Crippen LogP contribution in [0.3, 0.4) is 0 Å². The van der Waals surface area contributed by atoms with Crippen LogP contribution in [0.25, 0.3) is 0 Å². The van der Waals surface area contributed by atoms with Gasteiger partial charge in [-0.1, -0.05) is 6.07 Å². The van der Waals surface area contributed by atoms with Gasteiger partial charge in [0.05, 0.1) is 0 Å². The highest BCUT2D eigenvalue weighted by molar-refractivity contribution is 5.74. The van der Waals surface area contributed by atoms with Crippen molar-refractivity contribution in [1.29, 1.82) is 0 Å². The monoisotopic (exact) mass is 224 g/mol. The summed E-state index contributed by atoms with van der Waals surface area (Å²) in [6.45, 7) is 0.568. The zero-order valence-corrected chi connectivity index (χ0v) is 8.56. The van der Waals surface area contributed by atoms with Crippen molar-refractivity contribution in [3.05, 3.63) is 23.8 Å². The molecular formula is C10H12N2O4. The van der Waals surface area contributed by atoms with E-state index in [9.17, 15) is 4.79 Å². The summed E-state index contributed by atoms with van der Waals surface area (Å²) in [6, 6.07) is 5.56. The summed E-state index contributed by atoms with van der Waals surface area (Å²) in [5, 5.41) is 0. The molecule has 1 amide bonds. The SMILES string of the molecule is NC(=O)CONCc1ccc2c(c1)OCO2. The maximum atomic E-state index is 10.4. The third kappa shape index (κ3) is 2.62. The fraction of sp³-hybridized carbons (Fsp3) is 0.300. The lowest BCUT2D eigenvalue weighted by Gasteiger charge is -2.05. The molecule has 1 aliphatic rings. The fourth-order valence-corrected chi connectivity index (χ4v) is 1.31. The van der Waals surface area contributed by atoms with E-state index in [1.807, 2.05) is 18.2 Å². The second-order valence-electron chi connectivity index (χ2n) is 3.26. The minimum absolute atomic E-state index is 0.148. The van der Waals surface area contributed by atoms with E-state index >= 15 is 0 Å². The first-order valence-electron chi connectivity index (χ1n) is 4.77. The number of carbonyl (C=O) groups excluding carboxylic acids is 1. The second kappa shape index (κ2) is 4.82. The van der Waals surface area contributed by atoms with Crippen LogP contribution in [-0.2, 0) is 16.2 Å². The number of hydrogen-bond donors (Lipinski definition) is 2. The number of nitrogens with one attached hydrogen (secondary N) is 1. The zero-order valence-electron chi connectivity index (χ0n) is 8.56. The van der Waals surface area contributed by atoms with Crippen LogP contribution in [0.4, 0.5) is 0 Å². The molecule has 0 fully saturated rings. The molecule has 0 spiro atoms. The molecule has 2 rings (SSSR count). The van der Waals surface area contributed by atoms with Crippen molar-refractivity contribution in [3.8, 4) is 11.5 Å². The van der Waals surface area contributed by atoms with Gasteiger partial charge in [-0.25, -0.2) is 0 Å². The number of primary amides is 1. The van der Waals surface area contributed by atoms with Crippen LogP contribution in [0.5, 0.6) is 11.5 Å². The summed E-state index contributed by atoms with van der Waals surface area (Å²) in [5.74, 6) is 0.939. The van der Waals surface area contributed by atoms with Gasteiger partial charge in [0.2, 0.25) is 12.7 Å². The molecule has 0 atom stereocenters. The lowest BCUT2D eigenvalue weighted by molar-refractivity contribution is -0.125. The highest BCUT2D eigenvalue weighted by Gasteiger charge is 2.12. The van der Waals surface area contributed by atoms with Crippen molar-refractivity contribution in [1.82, 2.24) is 5.48 Å². The van der Waals surface area contributed by atoms with E-state index in [1.165, 1.54) is 0 Å². The Bertz CT molecular complexity index is 394. The molecule has 6 nitrogen and oxygen atoms in total. The summed E-state index contributed by atoms with van der Waals surface area (Å²) in [6.07, 6.45) is 0. The Morgan fingerprint density at radius 3 is 3.06 bits per heavy atom. The number of nitrogens with two attached hydrogens (primary N) is 1. The molecule has 0 aliphatic carbocycles. The van der Waals surface area contributed by atoms with Crippen LogP contribution >= 0.6 is 0 Å². The first kappa shape index (κ1) is 10.7.